The molecular weight excluding hydrogens is 360 g/mol. The summed E-state index contributed by atoms with van der Waals surface area (Å²) in [5.41, 5.74) is 4.10. The van der Waals surface area contributed by atoms with Crippen LogP contribution in [0.25, 0.3) is 0 Å². The van der Waals surface area contributed by atoms with Crippen molar-refractivity contribution in [1.82, 2.24) is 9.80 Å². The predicted molar refractivity (Wildman–Crippen MR) is 115 cm³/mol. The van der Waals surface area contributed by atoms with Gasteiger partial charge in [-0.2, -0.15) is 0 Å². The number of piperidine rings is 1. The molecule has 0 N–H and O–H groups in total. The number of ether oxygens (including phenoxy) is 1. The number of fused-ring (bicyclic) bond motifs is 1. The van der Waals surface area contributed by atoms with E-state index >= 15 is 0 Å². The number of hydrogen-bond acceptors (Lipinski definition) is 4. The number of benzene rings is 1. The lowest BCUT2D eigenvalue weighted by Gasteiger charge is -2.41. The largest absolute Gasteiger partial charge is 0.490 e. The second kappa shape index (κ2) is 7.98. The quantitative estimate of drug-likeness (QED) is 0.712. The van der Waals surface area contributed by atoms with Crippen molar-refractivity contribution in [3.8, 4) is 5.75 Å². The zero-order chi connectivity index (χ0) is 19.7. The van der Waals surface area contributed by atoms with Gasteiger partial charge in [0.1, 0.15) is 18.1 Å². The first-order chi connectivity index (χ1) is 14.3. The topological polar surface area (TPSA) is 32.8 Å². The molecule has 1 saturated heterocycles. The third kappa shape index (κ3) is 3.75. The monoisotopic (exact) mass is 392 g/mol. The third-order valence-corrected chi connectivity index (χ3v) is 7.44. The molecule has 0 atom stereocenters. The molecule has 2 fully saturated rings. The van der Waals surface area contributed by atoms with Crippen LogP contribution in [0.4, 0.5) is 0 Å². The van der Waals surface area contributed by atoms with Crippen LogP contribution in [0.5, 0.6) is 5.75 Å². The molecule has 5 rings (SSSR count). The SMILES string of the molecule is O=CC1(N2CCC(Oc3ccc4c(c3)CCN(C3=CC=C3)CC4)CC2)CCCC1. The minimum Gasteiger partial charge on any atom is -0.490 e. The first kappa shape index (κ1) is 18.9. The Morgan fingerprint density at radius 2 is 1.72 bits per heavy atom. The number of allylic oxidation sites excluding steroid dienone is 3. The van der Waals surface area contributed by atoms with Gasteiger partial charge in [-0.3, -0.25) is 4.90 Å². The van der Waals surface area contributed by atoms with Gasteiger partial charge < -0.3 is 14.4 Å². The van der Waals surface area contributed by atoms with E-state index in [0.29, 0.717) is 0 Å². The molecule has 2 aliphatic heterocycles. The lowest BCUT2D eigenvalue weighted by molar-refractivity contribution is -0.120. The van der Waals surface area contributed by atoms with Crippen LogP contribution in [0.15, 0.2) is 42.1 Å². The van der Waals surface area contributed by atoms with E-state index in [1.165, 1.54) is 36.0 Å². The summed E-state index contributed by atoms with van der Waals surface area (Å²) in [6, 6.07) is 6.71. The zero-order valence-electron chi connectivity index (χ0n) is 17.3. The number of carbonyl (C=O) groups excluding carboxylic acids is 1. The fraction of sp³-hybridized carbons (Fsp3) is 0.560. The summed E-state index contributed by atoms with van der Waals surface area (Å²) in [4.78, 5) is 16.7. The molecule has 0 aromatic heterocycles. The van der Waals surface area contributed by atoms with Crippen LogP contribution in [0, 0.1) is 0 Å². The van der Waals surface area contributed by atoms with Gasteiger partial charge >= 0.3 is 0 Å². The van der Waals surface area contributed by atoms with Crippen molar-refractivity contribution in [3.05, 3.63) is 53.3 Å². The van der Waals surface area contributed by atoms with Crippen molar-refractivity contribution in [3.63, 3.8) is 0 Å². The fourth-order valence-electron chi connectivity index (χ4n) is 5.53. The summed E-state index contributed by atoms with van der Waals surface area (Å²) in [6.07, 6.45) is 16.7. The van der Waals surface area contributed by atoms with Crippen molar-refractivity contribution in [1.29, 1.82) is 0 Å². The van der Waals surface area contributed by atoms with Gasteiger partial charge in [0.15, 0.2) is 0 Å². The summed E-state index contributed by atoms with van der Waals surface area (Å²) < 4.78 is 6.40. The summed E-state index contributed by atoms with van der Waals surface area (Å²) >= 11 is 0. The lowest BCUT2D eigenvalue weighted by atomic mass is 9.93. The molecule has 2 heterocycles. The Morgan fingerprint density at radius 3 is 2.38 bits per heavy atom. The highest BCUT2D eigenvalue weighted by Gasteiger charge is 2.41. The molecule has 0 amide bonds. The van der Waals surface area contributed by atoms with Crippen molar-refractivity contribution >= 4 is 6.29 Å². The molecule has 0 spiro atoms. The van der Waals surface area contributed by atoms with Crippen LogP contribution in [0.2, 0.25) is 0 Å². The Balaban J connectivity index is 1.18. The average Bonchev–Trinajstić information content (AvgIpc) is 3.11. The van der Waals surface area contributed by atoms with Crippen LogP contribution in [-0.2, 0) is 17.6 Å². The van der Waals surface area contributed by atoms with Gasteiger partial charge in [0.2, 0.25) is 0 Å². The molecular formula is C25H32N2O2. The van der Waals surface area contributed by atoms with Gasteiger partial charge in [-0.25, -0.2) is 0 Å². The molecule has 0 unspecified atom stereocenters. The van der Waals surface area contributed by atoms with Gasteiger partial charge in [0, 0.05) is 31.9 Å². The lowest BCUT2D eigenvalue weighted by Crippen LogP contribution is -2.52. The highest BCUT2D eigenvalue weighted by molar-refractivity contribution is 5.65. The summed E-state index contributed by atoms with van der Waals surface area (Å²) in [5, 5.41) is 0. The molecule has 29 heavy (non-hydrogen) atoms. The molecule has 4 nitrogen and oxygen atoms in total. The average molecular weight is 393 g/mol. The molecule has 1 aromatic rings. The van der Waals surface area contributed by atoms with Crippen LogP contribution in [0.1, 0.15) is 49.7 Å². The van der Waals surface area contributed by atoms with Crippen LogP contribution in [0.3, 0.4) is 0 Å². The maximum atomic E-state index is 11.8. The maximum Gasteiger partial charge on any atom is 0.140 e. The van der Waals surface area contributed by atoms with E-state index in [4.69, 9.17) is 4.74 Å². The summed E-state index contributed by atoms with van der Waals surface area (Å²) in [5.74, 6) is 1.02. The molecule has 1 aromatic carbocycles. The van der Waals surface area contributed by atoms with Gasteiger partial charge in [0.05, 0.1) is 5.54 Å². The number of carbonyl (C=O) groups is 1. The van der Waals surface area contributed by atoms with E-state index in [1.54, 1.807) is 0 Å². The molecule has 4 aliphatic rings. The summed E-state index contributed by atoms with van der Waals surface area (Å²) in [6.45, 7) is 4.14. The normalized spacial score (nSPS) is 24.4. The number of rotatable bonds is 5. The smallest absolute Gasteiger partial charge is 0.140 e. The predicted octanol–water partition coefficient (Wildman–Crippen LogP) is 3.90. The number of nitrogens with zero attached hydrogens (tertiary/aromatic N) is 2. The van der Waals surface area contributed by atoms with Crippen molar-refractivity contribution in [2.24, 2.45) is 0 Å². The van der Waals surface area contributed by atoms with E-state index in [0.717, 1.165) is 70.5 Å². The van der Waals surface area contributed by atoms with E-state index < -0.39 is 0 Å². The minimum absolute atomic E-state index is 0.175. The van der Waals surface area contributed by atoms with Crippen LogP contribution in [-0.4, -0.2) is 53.9 Å². The Bertz CT molecular complexity index is 814. The fourth-order valence-corrected chi connectivity index (χ4v) is 5.53. The standard InChI is InChI=1S/C25H32N2O2/c28-19-25(12-1-2-13-25)27-16-10-23(11-17-27)29-24-7-6-20-8-14-26(22-4-3-5-22)15-9-21(20)18-24/h3-7,18-19,23H,1-2,8-17H2. The van der Waals surface area contributed by atoms with Gasteiger partial charge in [0.25, 0.3) is 0 Å². The molecule has 2 aliphatic carbocycles. The first-order valence-electron chi connectivity index (χ1n) is 11.4. The minimum atomic E-state index is -0.175. The van der Waals surface area contributed by atoms with E-state index in [1.807, 2.05) is 0 Å². The highest BCUT2D eigenvalue weighted by atomic mass is 16.5. The zero-order valence-corrected chi connectivity index (χ0v) is 17.3. The summed E-state index contributed by atoms with van der Waals surface area (Å²) in [7, 11) is 0. The van der Waals surface area contributed by atoms with Crippen molar-refractivity contribution in [2.75, 3.05) is 26.2 Å². The molecule has 0 bridgehead atoms. The van der Waals surface area contributed by atoms with Gasteiger partial charge in [-0.05, 0) is 73.9 Å². The first-order valence-corrected chi connectivity index (χ1v) is 11.4. The molecule has 0 radical (unpaired) electrons. The Morgan fingerprint density at radius 1 is 1.00 bits per heavy atom. The number of likely N-dealkylation sites (tertiary alicyclic amines) is 1. The van der Waals surface area contributed by atoms with Crippen molar-refractivity contribution in [2.45, 2.75) is 63.0 Å². The second-order valence-corrected chi connectivity index (χ2v) is 9.10. The molecule has 1 saturated carbocycles. The van der Waals surface area contributed by atoms with Crippen molar-refractivity contribution < 1.29 is 9.53 Å². The third-order valence-electron chi connectivity index (χ3n) is 7.44. The van der Waals surface area contributed by atoms with Gasteiger partial charge in [-0.1, -0.05) is 25.0 Å². The van der Waals surface area contributed by atoms with Crippen LogP contribution < -0.4 is 4.74 Å². The van der Waals surface area contributed by atoms with Crippen LogP contribution >= 0.6 is 0 Å². The second-order valence-electron chi connectivity index (χ2n) is 9.10. The number of aldehydes is 1. The molecule has 4 heteroatoms. The van der Waals surface area contributed by atoms with Gasteiger partial charge in [-0.15, -0.1) is 0 Å². The Hall–Kier alpha value is -2.07. The Labute approximate surface area is 174 Å². The van der Waals surface area contributed by atoms with E-state index in [9.17, 15) is 4.79 Å². The maximum absolute atomic E-state index is 11.8. The van der Waals surface area contributed by atoms with E-state index in [2.05, 4.69) is 46.2 Å². The molecule has 154 valence electrons. The highest BCUT2D eigenvalue weighted by Crippen LogP contribution is 2.36. The van der Waals surface area contributed by atoms with E-state index in [-0.39, 0.29) is 11.6 Å². The Kier molecular flexibility index (Phi) is 5.21. The number of hydrogen-bond donors (Lipinski definition) is 0.